The van der Waals surface area contributed by atoms with Gasteiger partial charge in [-0.1, -0.05) is 12.8 Å². The first-order valence-corrected chi connectivity index (χ1v) is 6.50. The molecule has 1 spiro atoms. The highest BCUT2D eigenvalue weighted by atomic mass is 16.7. The summed E-state index contributed by atoms with van der Waals surface area (Å²) in [7, 11) is 0. The van der Waals surface area contributed by atoms with Crippen molar-refractivity contribution in [2.45, 2.75) is 50.7 Å². The molecule has 0 atom stereocenters. The van der Waals surface area contributed by atoms with Gasteiger partial charge in [0.2, 0.25) is 0 Å². The van der Waals surface area contributed by atoms with Crippen molar-refractivity contribution in [3.63, 3.8) is 0 Å². The van der Waals surface area contributed by atoms with E-state index in [1.165, 1.54) is 19.1 Å². The van der Waals surface area contributed by atoms with E-state index in [4.69, 9.17) is 9.47 Å². The average molecular weight is 224 g/mol. The van der Waals surface area contributed by atoms with E-state index < -0.39 is 0 Å². The minimum atomic E-state index is -0.323. The summed E-state index contributed by atoms with van der Waals surface area (Å²) in [6, 6.07) is 0. The molecule has 3 heteroatoms. The van der Waals surface area contributed by atoms with Gasteiger partial charge in [0.05, 0.1) is 13.2 Å². The largest absolute Gasteiger partial charge is 0.348 e. The fraction of sp³-hybridized carbons (Fsp3) is 0.923. The lowest BCUT2D eigenvalue weighted by atomic mass is 9.70. The van der Waals surface area contributed by atoms with E-state index in [9.17, 15) is 4.79 Å². The van der Waals surface area contributed by atoms with E-state index in [-0.39, 0.29) is 11.2 Å². The van der Waals surface area contributed by atoms with Gasteiger partial charge in [0.25, 0.3) is 0 Å². The van der Waals surface area contributed by atoms with Gasteiger partial charge in [-0.3, -0.25) is 0 Å². The highest BCUT2D eigenvalue weighted by Crippen LogP contribution is 2.50. The molecule has 90 valence electrons. The lowest BCUT2D eigenvalue weighted by Gasteiger charge is -2.40. The maximum Gasteiger partial charge on any atom is 0.168 e. The number of carbonyl (C=O) groups excluding carboxylic acids is 1. The molecule has 3 aliphatic rings. The van der Waals surface area contributed by atoms with Crippen LogP contribution in [-0.4, -0.2) is 25.3 Å². The molecule has 0 amide bonds. The van der Waals surface area contributed by atoms with Gasteiger partial charge < -0.3 is 14.3 Å². The van der Waals surface area contributed by atoms with Crippen molar-refractivity contribution in [1.29, 1.82) is 0 Å². The molecule has 0 bridgehead atoms. The Balaban J connectivity index is 1.64. The van der Waals surface area contributed by atoms with Crippen molar-refractivity contribution >= 4 is 6.29 Å². The molecule has 0 N–H and O–H groups in total. The minimum Gasteiger partial charge on any atom is -0.348 e. The lowest BCUT2D eigenvalue weighted by Crippen LogP contribution is -2.41. The second kappa shape index (κ2) is 3.81. The van der Waals surface area contributed by atoms with E-state index in [0.29, 0.717) is 0 Å². The van der Waals surface area contributed by atoms with Gasteiger partial charge in [-0.15, -0.1) is 0 Å². The van der Waals surface area contributed by atoms with Crippen LogP contribution in [0.1, 0.15) is 44.9 Å². The first-order valence-electron chi connectivity index (χ1n) is 6.50. The molecule has 3 fully saturated rings. The standard InChI is InChI=1S/C13H20O3/c14-10-12(9-11-1-2-11)3-5-13(6-4-12)15-7-8-16-13/h10-11H,1-9H2. The quantitative estimate of drug-likeness (QED) is 0.690. The molecular formula is C13H20O3. The first kappa shape index (κ1) is 10.7. The van der Waals surface area contributed by atoms with Crippen LogP contribution in [0, 0.1) is 11.3 Å². The summed E-state index contributed by atoms with van der Waals surface area (Å²) < 4.78 is 11.4. The first-order chi connectivity index (χ1) is 7.76. The number of aldehydes is 1. The molecule has 3 rings (SSSR count). The van der Waals surface area contributed by atoms with Gasteiger partial charge in [-0.25, -0.2) is 0 Å². The van der Waals surface area contributed by atoms with Crippen molar-refractivity contribution in [1.82, 2.24) is 0 Å². The molecule has 1 heterocycles. The van der Waals surface area contributed by atoms with Crippen LogP contribution in [0.5, 0.6) is 0 Å². The Morgan fingerprint density at radius 2 is 1.69 bits per heavy atom. The number of hydrogen-bond acceptors (Lipinski definition) is 3. The zero-order chi connectivity index (χ0) is 11.1. The Hall–Kier alpha value is -0.410. The summed E-state index contributed by atoms with van der Waals surface area (Å²) in [5.74, 6) is 0.500. The van der Waals surface area contributed by atoms with E-state index in [0.717, 1.165) is 51.2 Å². The summed E-state index contributed by atoms with van der Waals surface area (Å²) >= 11 is 0. The van der Waals surface area contributed by atoms with E-state index in [1.54, 1.807) is 0 Å². The Morgan fingerprint density at radius 1 is 1.06 bits per heavy atom. The molecule has 1 saturated heterocycles. The second-order valence-electron chi connectivity index (χ2n) is 5.74. The number of rotatable bonds is 3. The highest BCUT2D eigenvalue weighted by Gasteiger charge is 2.47. The zero-order valence-corrected chi connectivity index (χ0v) is 9.74. The van der Waals surface area contributed by atoms with E-state index in [2.05, 4.69) is 0 Å². The monoisotopic (exact) mass is 224 g/mol. The molecule has 2 saturated carbocycles. The third-order valence-corrected chi connectivity index (χ3v) is 4.46. The second-order valence-corrected chi connectivity index (χ2v) is 5.74. The van der Waals surface area contributed by atoms with Gasteiger partial charge in [-0.2, -0.15) is 0 Å². The molecular weight excluding hydrogens is 204 g/mol. The molecule has 16 heavy (non-hydrogen) atoms. The van der Waals surface area contributed by atoms with Crippen LogP contribution in [0.4, 0.5) is 0 Å². The minimum absolute atomic E-state index is 0.0538. The van der Waals surface area contributed by atoms with Crippen LogP contribution in [0.3, 0.4) is 0 Å². The lowest BCUT2D eigenvalue weighted by molar-refractivity contribution is -0.191. The summed E-state index contributed by atoms with van der Waals surface area (Å²) in [4.78, 5) is 11.4. The van der Waals surface area contributed by atoms with Crippen molar-refractivity contribution in [2.24, 2.45) is 11.3 Å². The van der Waals surface area contributed by atoms with Crippen LogP contribution in [0.15, 0.2) is 0 Å². The SMILES string of the molecule is O=CC1(CC2CC2)CCC2(CC1)OCCO2. The third-order valence-electron chi connectivity index (χ3n) is 4.46. The fourth-order valence-electron chi connectivity index (χ4n) is 3.18. The highest BCUT2D eigenvalue weighted by molar-refractivity contribution is 5.59. The van der Waals surface area contributed by atoms with Crippen molar-refractivity contribution in [3.8, 4) is 0 Å². The summed E-state index contributed by atoms with van der Waals surface area (Å²) in [5, 5.41) is 0. The molecule has 0 aromatic carbocycles. The van der Waals surface area contributed by atoms with Crippen LogP contribution in [0.25, 0.3) is 0 Å². The summed E-state index contributed by atoms with van der Waals surface area (Å²) in [5.41, 5.74) is -0.0538. The Labute approximate surface area is 96.5 Å². The fourth-order valence-corrected chi connectivity index (χ4v) is 3.18. The van der Waals surface area contributed by atoms with Gasteiger partial charge in [0, 0.05) is 18.3 Å². The molecule has 1 aliphatic heterocycles. The van der Waals surface area contributed by atoms with Crippen molar-refractivity contribution in [3.05, 3.63) is 0 Å². The molecule has 3 nitrogen and oxygen atoms in total. The Bertz CT molecular complexity index is 267. The predicted octanol–water partition coefficient (Wildman–Crippen LogP) is 2.29. The third kappa shape index (κ3) is 1.91. The van der Waals surface area contributed by atoms with Crippen molar-refractivity contribution < 1.29 is 14.3 Å². The predicted molar refractivity (Wildman–Crippen MR) is 58.9 cm³/mol. The molecule has 0 aromatic heterocycles. The van der Waals surface area contributed by atoms with Crippen LogP contribution in [-0.2, 0) is 14.3 Å². The maximum absolute atomic E-state index is 11.4. The van der Waals surface area contributed by atoms with Gasteiger partial charge in [0.15, 0.2) is 5.79 Å². The van der Waals surface area contributed by atoms with Crippen LogP contribution >= 0.6 is 0 Å². The van der Waals surface area contributed by atoms with E-state index in [1.807, 2.05) is 0 Å². The topological polar surface area (TPSA) is 35.5 Å². The maximum atomic E-state index is 11.4. The Morgan fingerprint density at radius 3 is 2.19 bits per heavy atom. The van der Waals surface area contributed by atoms with Crippen LogP contribution < -0.4 is 0 Å². The summed E-state index contributed by atoms with van der Waals surface area (Å²) in [6.45, 7) is 1.44. The summed E-state index contributed by atoms with van der Waals surface area (Å²) in [6.07, 6.45) is 8.68. The van der Waals surface area contributed by atoms with E-state index >= 15 is 0 Å². The van der Waals surface area contributed by atoms with Gasteiger partial charge >= 0.3 is 0 Å². The molecule has 0 unspecified atom stereocenters. The molecule has 0 aromatic rings. The smallest absolute Gasteiger partial charge is 0.168 e. The number of ether oxygens (including phenoxy) is 2. The Kier molecular flexibility index (Phi) is 2.55. The van der Waals surface area contributed by atoms with Gasteiger partial charge in [0.1, 0.15) is 6.29 Å². The molecule has 0 radical (unpaired) electrons. The average Bonchev–Trinajstić information content (AvgIpc) is 3.01. The number of hydrogen-bond donors (Lipinski definition) is 0. The molecule has 2 aliphatic carbocycles. The van der Waals surface area contributed by atoms with Crippen molar-refractivity contribution in [2.75, 3.05) is 13.2 Å². The van der Waals surface area contributed by atoms with Crippen LogP contribution in [0.2, 0.25) is 0 Å². The normalized spacial score (nSPS) is 31.8. The zero-order valence-electron chi connectivity index (χ0n) is 9.74. The van der Waals surface area contributed by atoms with Gasteiger partial charge in [-0.05, 0) is 25.2 Å². The number of carbonyl (C=O) groups is 1.